The van der Waals surface area contributed by atoms with Crippen LogP contribution in [0.3, 0.4) is 0 Å². The van der Waals surface area contributed by atoms with E-state index in [1.807, 2.05) is 42.2 Å². The molecule has 4 aromatic rings. The molecule has 9 nitrogen and oxygen atoms in total. The number of halogens is 1. The molecule has 2 fully saturated rings. The first kappa shape index (κ1) is 32.3. The lowest BCUT2D eigenvalue weighted by atomic mass is 10.0. The smallest absolute Gasteiger partial charge is 0.287 e. The number of piperazine rings is 1. The average Bonchev–Trinajstić information content (AvgIpc) is 3.09. The number of aryl methyl sites for hydroxylation is 1. The Hall–Kier alpha value is -4.63. The van der Waals surface area contributed by atoms with Crippen molar-refractivity contribution in [3.05, 3.63) is 110 Å². The van der Waals surface area contributed by atoms with Gasteiger partial charge < -0.3 is 24.4 Å². The Kier molecular flexibility index (Phi) is 9.92. The normalized spacial score (nSPS) is 16.0. The van der Waals surface area contributed by atoms with Crippen molar-refractivity contribution in [2.45, 2.75) is 51.6 Å². The second-order valence-corrected chi connectivity index (χ2v) is 12.7. The van der Waals surface area contributed by atoms with Gasteiger partial charge in [-0.3, -0.25) is 19.2 Å². The van der Waals surface area contributed by atoms with Gasteiger partial charge in [-0.25, -0.2) is 0 Å². The van der Waals surface area contributed by atoms with Gasteiger partial charge in [0.05, 0.1) is 5.39 Å². The Balaban J connectivity index is 1.18. The summed E-state index contributed by atoms with van der Waals surface area (Å²) in [5.74, 6) is -0.787. The van der Waals surface area contributed by atoms with Crippen LogP contribution in [0.5, 0.6) is 0 Å². The standard InChI is InChI=1S/C37H39ClN4O5/c1-2-25-12-15-33-29(21-25)32(43)23-34(47-33)36(45)39-30(22-26-10-13-28(38)14-11-26)37(46)41-19-17-40(18-20-41)31-8-4-3-7-27(31)24-42-16-6-5-9-35(42)44/h3-4,7-8,10-15,21,23,30H,2,5-6,9,16-20,22,24H2,1H3,(H,39,45)/t30-/m1/s1. The highest BCUT2D eigenvalue weighted by atomic mass is 35.5. The Bertz CT molecular complexity index is 1830. The molecule has 1 atom stereocenters. The highest BCUT2D eigenvalue weighted by Crippen LogP contribution is 2.25. The van der Waals surface area contributed by atoms with E-state index in [1.54, 1.807) is 29.2 Å². The number of hydrogen-bond donors (Lipinski definition) is 1. The van der Waals surface area contributed by atoms with Crippen LogP contribution in [-0.4, -0.2) is 66.3 Å². The van der Waals surface area contributed by atoms with E-state index in [9.17, 15) is 19.2 Å². The van der Waals surface area contributed by atoms with Crippen LogP contribution in [0.2, 0.25) is 5.02 Å². The zero-order valence-electron chi connectivity index (χ0n) is 26.5. The number of benzene rings is 3. The predicted molar refractivity (Wildman–Crippen MR) is 183 cm³/mol. The van der Waals surface area contributed by atoms with E-state index in [4.69, 9.17) is 16.0 Å². The Morgan fingerprint density at radius 3 is 2.38 bits per heavy atom. The molecule has 0 radical (unpaired) electrons. The lowest BCUT2D eigenvalue weighted by molar-refractivity contribution is -0.134. The van der Waals surface area contributed by atoms with Crippen molar-refractivity contribution in [3.63, 3.8) is 0 Å². The van der Waals surface area contributed by atoms with Crippen LogP contribution in [-0.2, 0) is 29.0 Å². The molecule has 2 aliphatic rings. The van der Waals surface area contributed by atoms with Crippen molar-refractivity contribution < 1.29 is 18.8 Å². The SMILES string of the molecule is CCc1ccc2oc(C(=O)N[C@H](Cc3ccc(Cl)cc3)C(=O)N3CCN(c4ccccc4CN4CCCCC4=O)CC3)cc(=O)c2c1. The fourth-order valence-corrected chi connectivity index (χ4v) is 6.52. The van der Waals surface area contributed by atoms with Crippen LogP contribution in [0.4, 0.5) is 5.69 Å². The number of likely N-dealkylation sites (tertiary alicyclic amines) is 1. The molecule has 0 bridgehead atoms. The zero-order chi connectivity index (χ0) is 32.9. The van der Waals surface area contributed by atoms with E-state index in [0.29, 0.717) is 55.1 Å². The van der Waals surface area contributed by atoms with Crippen molar-refractivity contribution in [3.8, 4) is 0 Å². The van der Waals surface area contributed by atoms with Crippen molar-refractivity contribution in [2.75, 3.05) is 37.6 Å². The minimum Gasteiger partial charge on any atom is -0.451 e. The molecule has 0 unspecified atom stereocenters. The van der Waals surface area contributed by atoms with Crippen molar-refractivity contribution in [1.29, 1.82) is 0 Å². The second kappa shape index (κ2) is 14.4. The number of amides is 3. The number of anilines is 1. The van der Waals surface area contributed by atoms with Gasteiger partial charge in [-0.1, -0.05) is 54.9 Å². The first-order valence-corrected chi connectivity index (χ1v) is 16.7. The lowest BCUT2D eigenvalue weighted by Crippen LogP contribution is -2.55. The summed E-state index contributed by atoms with van der Waals surface area (Å²) in [4.78, 5) is 58.9. The summed E-state index contributed by atoms with van der Waals surface area (Å²) in [6, 6.07) is 20.9. The number of carbonyl (C=O) groups is 3. The number of carbonyl (C=O) groups excluding carboxylic acids is 3. The first-order chi connectivity index (χ1) is 22.8. The van der Waals surface area contributed by atoms with Gasteiger partial charge in [0.15, 0.2) is 11.2 Å². The molecule has 3 amide bonds. The molecule has 1 N–H and O–H groups in total. The number of hydrogen-bond acceptors (Lipinski definition) is 6. The fourth-order valence-electron chi connectivity index (χ4n) is 6.40. The number of para-hydroxylation sites is 1. The number of piperidine rings is 1. The van der Waals surface area contributed by atoms with Gasteiger partial charge in [-0.2, -0.15) is 0 Å². The molecule has 3 heterocycles. The molecule has 0 spiro atoms. The van der Waals surface area contributed by atoms with Gasteiger partial charge in [0.1, 0.15) is 11.6 Å². The van der Waals surface area contributed by atoms with Gasteiger partial charge in [0.25, 0.3) is 5.91 Å². The predicted octanol–water partition coefficient (Wildman–Crippen LogP) is 5.21. The number of nitrogens with one attached hydrogen (secondary N) is 1. The van der Waals surface area contributed by atoms with E-state index < -0.39 is 11.9 Å². The van der Waals surface area contributed by atoms with Crippen molar-refractivity contribution in [2.24, 2.45) is 0 Å². The van der Waals surface area contributed by atoms with Gasteiger partial charge in [0, 0.05) is 68.9 Å². The molecule has 244 valence electrons. The van der Waals surface area contributed by atoms with Crippen molar-refractivity contribution in [1.82, 2.24) is 15.1 Å². The van der Waals surface area contributed by atoms with E-state index in [-0.39, 0.29) is 29.4 Å². The Morgan fingerprint density at radius 1 is 0.894 bits per heavy atom. The summed E-state index contributed by atoms with van der Waals surface area (Å²) >= 11 is 6.10. The maximum Gasteiger partial charge on any atom is 0.287 e. The highest BCUT2D eigenvalue weighted by Gasteiger charge is 2.31. The third-order valence-electron chi connectivity index (χ3n) is 9.09. The molecule has 3 aromatic carbocycles. The van der Waals surface area contributed by atoms with E-state index in [0.717, 1.165) is 48.2 Å². The van der Waals surface area contributed by atoms with Crippen LogP contribution in [0.1, 0.15) is 53.4 Å². The number of rotatable bonds is 9. The monoisotopic (exact) mass is 654 g/mol. The first-order valence-electron chi connectivity index (χ1n) is 16.3. The Morgan fingerprint density at radius 2 is 1.64 bits per heavy atom. The van der Waals surface area contributed by atoms with Crippen LogP contribution >= 0.6 is 11.6 Å². The van der Waals surface area contributed by atoms with Gasteiger partial charge in [-0.05, 0) is 66.3 Å². The summed E-state index contributed by atoms with van der Waals surface area (Å²) in [5.41, 5.74) is 4.01. The molecular formula is C37H39ClN4O5. The molecule has 1 aromatic heterocycles. The third-order valence-corrected chi connectivity index (χ3v) is 9.34. The topological polar surface area (TPSA) is 103 Å². The number of fused-ring (bicyclic) bond motifs is 1. The fraction of sp³-hybridized carbons (Fsp3) is 0.351. The van der Waals surface area contributed by atoms with Crippen LogP contribution in [0.25, 0.3) is 11.0 Å². The van der Waals surface area contributed by atoms with Gasteiger partial charge >= 0.3 is 0 Å². The van der Waals surface area contributed by atoms with E-state index in [1.165, 1.54) is 6.07 Å². The molecule has 2 aliphatic heterocycles. The Labute approximate surface area is 279 Å². The third kappa shape index (κ3) is 7.52. The molecule has 2 saturated heterocycles. The lowest BCUT2D eigenvalue weighted by Gasteiger charge is -2.39. The summed E-state index contributed by atoms with van der Waals surface area (Å²) < 4.78 is 5.85. The van der Waals surface area contributed by atoms with E-state index in [2.05, 4.69) is 22.3 Å². The van der Waals surface area contributed by atoms with Gasteiger partial charge in [-0.15, -0.1) is 0 Å². The van der Waals surface area contributed by atoms with Crippen LogP contribution < -0.4 is 15.6 Å². The summed E-state index contributed by atoms with van der Waals surface area (Å²) in [6.45, 7) is 5.50. The van der Waals surface area contributed by atoms with E-state index >= 15 is 0 Å². The molecule has 10 heteroatoms. The molecule has 0 saturated carbocycles. The van der Waals surface area contributed by atoms with Crippen molar-refractivity contribution >= 4 is 46.0 Å². The summed E-state index contributed by atoms with van der Waals surface area (Å²) in [5, 5.41) is 3.85. The average molecular weight is 655 g/mol. The minimum atomic E-state index is -0.893. The minimum absolute atomic E-state index is 0.144. The number of nitrogens with zero attached hydrogens (tertiary/aromatic N) is 3. The molecule has 0 aliphatic carbocycles. The maximum atomic E-state index is 14.0. The highest BCUT2D eigenvalue weighted by molar-refractivity contribution is 6.30. The van der Waals surface area contributed by atoms with Crippen LogP contribution in [0, 0.1) is 0 Å². The quantitative estimate of drug-likeness (QED) is 0.266. The molecule has 47 heavy (non-hydrogen) atoms. The largest absolute Gasteiger partial charge is 0.451 e. The second-order valence-electron chi connectivity index (χ2n) is 12.2. The molecule has 6 rings (SSSR count). The summed E-state index contributed by atoms with van der Waals surface area (Å²) in [7, 11) is 0. The van der Waals surface area contributed by atoms with Gasteiger partial charge in [0.2, 0.25) is 11.8 Å². The van der Waals surface area contributed by atoms with Crippen LogP contribution in [0.15, 0.2) is 82.0 Å². The molecular weight excluding hydrogens is 616 g/mol. The summed E-state index contributed by atoms with van der Waals surface area (Å²) in [6.07, 6.45) is 3.58. The maximum absolute atomic E-state index is 14.0. The zero-order valence-corrected chi connectivity index (χ0v) is 27.3.